The van der Waals surface area contributed by atoms with Crippen LogP contribution in [0.25, 0.3) is 0 Å². The summed E-state index contributed by atoms with van der Waals surface area (Å²) in [5, 5.41) is 0. The van der Waals surface area contributed by atoms with Gasteiger partial charge in [0.2, 0.25) is 5.91 Å². The lowest BCUT2D eigenvalue weighted by Crippen LogP contribution is -2.55. The third-order valence-electron chi connectivity index (χ3n) is 5.09. The molecule has 25 heavy (non-hydrogen) atoms. The SMILES string of the molecule is Cc1cc(C(=O)N2CC(=O)N3CCc4c(F)cccc4C3C2)c(C)o1. The summed E-state index contributed by atoms with van der Waals surface area (Å²) in [5.41, 5.74) is 1.94. The Morgan fingerprint density at radius 1 is 1.32 bits per heavy atom. The molecule has 1 atom stereocenters. The predicted octanol–water partition coefficient (Wildman–Crippen LogP) is 2.62. The van der Waals surface area contributed by atoms with E-state index in [0.29, 0.717) is 42.2 Å². The Balaban J connectivity index is 1.68. The highest BCUT2D eigenvalue weighted by Gasteiger charge is 2.39. The smallest absolute Gasteiger partial charge is 0.257 e. The first kappa shape index (κ1) is 15.9. The summed E-state index contributed by atoms with van der Waals surface area (Å²) in [6, 6.07) is 6.36. The van der Waals surface area contributed by atoms with Crippen molar-refractivity contribution in [2.75, 3.05) is 19.6 Å². The number of amides is 2. The number of benzene rings is 1. The normalized spacial score (nSPS) is 19.6. The standard InChI is InChI=1S/C19H19FN2O3/c1-11-8-15(12(2)25-11)19(24)21-9-17-14-4-3-5-16(20)13(14)6-7-22(17)18(23)10-21/h3-5,8,17H,6-7,9-10H2,1-2H3. The second-order valence-electron chi connectivity index (χ2n) is 6.67. The van der Waals surface area contributed by atoms with E-state index in [-0.39, 0.29) is 30.2 Å². The summed E-state index contributed by atoms with van der Waals surface area (Å²) in [5.74, 6) is 0.654. The molecule has 130 valence electrons. The molecule has 0 N–H and O–H groups in total. The quantitative estimate of drug-likeness (QED) is 0.800. The molecule has 0 saturated carbocycles. The van der Waals surface area contributed by atoms with Crippen LogP contribution in [0.2, 0.25) is 0 Å². The van der Waals surface area contributed by atoms with E-state index in [4.69, 9.17) is 4.42 Å². The summed E-state index contributed by atoms with van der Waals surface area (Å²) >= 11 is 0. The van der Waals surface area contributed by atoms with Crippen LogP contribution < -0.4 is 0 Å². The van der Waals surface area contributed by atoms with Crippen LogP contribution in [-0.2, 0) is 11.2 Å². The van der Waals surface area contributed by atoms with Crippen molar-refractivity contribution >= 4 is 11.8 Å². The first-order valence-corrected chi connectivity index (χ1v) is 8.38. The van der Waals surface area contributed by atoms with Crippen LogP contribution in [0, 0.1) is 19.7 Å². The van der Waals surface area contributed by atoms with Crippen molar-refractivity contribution in [1.82, 2.24) is 9.80 Å². The first-order valence-electron chi connectivity index (χ1n) is 8.38. The lowest BCUT2D eigenvalue weighted by molar-refractivity contribution is -0.139. The summed E-state index contributed by atoms with van der Waals surface area (Å²) in [4.78, 5) is 28.7. The highest BCUT2D eigenvalue weighted by atomic mass is 19.1. The van der Waals surface area contributed by atoms with Gasteiger partial charge in [0.15, 0.2) is 0 Å². The minimum Gasteiger partial charge on any atom is -0.466 e. The zero-order chi connectivity index (χ0) is 17.7. The maximum Gasteiger partial charge on any atom is 0.257 e. The van der Waals surface area contributed by atoms with E-state index in [9.17, 15) is 14.0 Å². The van der Waals surface area contributed by atoms with Crippen molar-refractivity contribution < 1.29 is 18.4 Å². The van der Waals surface area contributed by atoms with Gasteiger partial charge in [0, 0.05) is 13.1 Å². The number of fused-ring (bicyclic) bond motifs is 3. The minimum atomic E-state index is -0.294. The maximum atomic E-state index is 14.1. The van der Waals surface area contributed by atoms with Crippen LogP contribution in [-0.4, -0.2) is 41.2 Å². The summed E-state index contributed by atoms with van der Waals surface area (Å²) in [6.45, 7) is 4.42. The Bertz CT molecular complexity index is 874. The molecule has 1 saturated heterocycles. The lowest BCUT2D eigenvalue weighted by atomic mass is 9.90. The van der Waals surface area contributed by atoms with Gasteiger partial charge in [-0.05, 0) is 43.5 Å². The van der Waals surface area contributed by atoms with Gasteiger partial charge in [-0.2, -0.15) is 0 Å². The molecule has 0 radical (unpaired) electrons. The highest BCUT2D eigenvalue weighted by Crippen LogP contribution is 2.34. The van der Waals surface area contributed by atoms with Crippen molar-refractivity contribution in [3.05, 3.63) is 58.3 Å². The Morgan fingerprint density at radius 2 is 2.12 bits per heavy atom. The summed E-state index contributed by atoms with van der Waals surface area (Å²) in [7, 11) is 0. The molecular formula is C19H19FN2O3. The maximum absolute atomic E-state index is 14.1. The zero-order valence-electron chi connectivity index (χ0n) is 14.2. The summed E-state index contributed by atoms with van der Waals surface area (Å²) in [6.07, 6.45) is 0.512. The fraction of sp³-hybridized carbons (Fsp3) is 0.368. The molecule has 5 nitrogen and oxygen atoms in total. The van der Waals surface area contributed by atoms with E-state index < -0.39 is 0 Å². The van der Waals surface area contributed by atoms with E-state index in [1.165, 1.54) is 6.07 Å². The molecule has 1 fully saturated rings. The molecule has 2 amide bonds. The Hall–Kier alpha value is -2.63. The van der Waals surface area contributed by atoms with Gasteiger partial charge in [0.05, 0.1) is 11.6 Å². The average molecular weight is 342 g/mol. The first-order chi connectivity index (χ1) is 12.0. The fourth-order valence-electron chi connectivity index (χ4n) is 3.90. The molecule has 0 bridgehead atoms. The van der Waals surface area contributed by atoms with Crippen LogP contribution in [0.4, 0.5) is 4.39 Å². The fourth-order valence-corrected chi connectivity index (χ4v) is 3.90. The van der Waals surface area contributed by atoms with Crippen molar-refractivity contribution in [2.45, 2.75) is 26.3 Å². The van der Waals surface area contributed by atoms with Crippen molar-refractivity contribution in [3.8, 4) is 0 Å². The summed E-state index contributed by atoms with van der Waals surface area (Å²) < 4.78 is 19.5. The average Bonchev–Trinajstić information content (AvgIpc) is 2.92. The van der Waals surface area contributed by atoms with Crippen molar-refractivity contribution in [2.24, 2.45) is 0 Å². The lowest BCUT2D eigenvalue weighted by Gasteiger charge is -2.44. The van der Waals surface area contributed by atoms with Gasteiger partial charge in [0.25, 0.3) is 5.91 Å². The number of furan rings is 1. The van der Waals surface area contributed by atoms with Crippen molar-refractivity contribution in [3.63, 3.8) is 0 Å². The molecule has 2 aliphatic rings. The molecule has 3 heterocycles. The number of hydrogen-bond acceptors (Lipinski definition) is 3. The molecule has 4 rings (SSSR count). The van der Waals surface area contributed by atoms with Gasteiger partial charge < -0.3 is 14.2 Å². The zero-order valence-corrected chi connectivity index (χ0v) is 14.2. The number of rotatable bonds is 1. The van der Waals surface area contributed by atoms with Gasteiger partial charge in [0.1, 0.15) is 23.9 Å². The van der Waals surface area contributed by atoms with Crippen molar-refractivity contribution in [1.29, 1.82) is 0 Å². The van der Waals surface area contributed by atoms with Crippen LogP contribution in [0.1, 0.15) is 39.0 Å². The van der Waals surface area contributed by atoms with Crippen LogP contribution in [0.5, 0.6) is 0 Å². The number of nitrogens with zero attached hydrogens (tertiary/aromatic N) is 2. The molecule has 0 aliphatic carbocycles. The third-order valence-corrected chi connectivity index (χ3v) is 5.09. The molecule has 1 unspecified atom stereocenters. The monoisotopic (exact) mass is 342 g/mol. The third kappa shape index (κ3) is 2.52. The topological polar surface area (TPSA) is 53.8 Å². The highest BCUT2D eigenvalue weighted by molar-refractivity contribution is 5.98. The van der Waals surface area contributed by atoms with Crippen LogP contribution >= 0.6 is 0 Å². The number of piperazine rings is 1. The molecule has 0 spiro atoms. The van der Waals surface area contributed by atoms with Crippen LogP contribution in [0.3, 0.4) is 0 Å². The molecular weight excluding hydrogens is 323 g/mol. The second kappa shape index (κ2) is 5.72. The molecule has 2 aliphatic heterocycles. The van der Waals surface area contributed by atoms with Gasteiger partial charge in [-0.25, -0.2) is 4.39 Å². The minimum absolute atomic E-state index is 0.0453. The van der Waals surface area contributed by atoms with E-state index in [0.717, 1.165) is 5.56 Å². The molecule has 1 aromatic carbocycles. The predicted molar refractivity (Wildman–Crippen MR) is 88.6 cm³/mol. The second-order valence-corrected chi connectivity index (χ2v) is 6.67. The number of carbonyl (C=O) groups is 2. The number of halogens is 1. The molecule has 1 aromatic heterocycles. The Morgan fingerprint density at radius 3 is 2.84 bits per heavy atom. The van der Waals surface area contributed by atoms with Gasteiger partial charge in [-0.1, -0.05) is 12.1 Å². The van der Waals surface area contributed by atoms with E-state index in [2.05, 4.69) is 0 Å². The number of carbonyl (C=O) groups excluding carboxylic acids is 2. The van der Waals surface area contributed by atoms with E-state index >= 15 is 0 Å². The Kier molecular flexibility index (Phi) is 3.63. The largest absolute Gasteiger partial charge is 0.466 e. The number of hydrogen-bond donors (Lipinski definition) is 0. The molecule has 2 aromatic rings. The number of aryl methyl sites for hydroxylation is 2. The van der Waals surface area contributed by atoms with Crippen LogP contribution in [0.15, 0.2) is 28.7 Å². The molecule has 6 heteroatoms. The van der Waals surface area contributed by atoms with E-state index in [1.54, 1.807) is 35.8 Å². The Labute approximate surface area is 145 Å². The van der Waals surface area contributed by atoms with Gasteiger partial charge in [-0.3, -0.25) is 9.59 Å². The van der Waals surface area contributed by atoms with Gasteiger partial charge in [-0.15, -0.1) is 0 Å². The van der Waals surface area contributed by atoms with Gasteiger partial charge >= 0.3 is 0 Å². The van der Waals surface area contributed by atoms with E-state index in [1.807, 2.05) is 6.07 Å².